The van der Waals surface area contributed by atoms with Gasteiger partial charge in [0, 0.05) is 17.2 Å². The number of hydrogen-bond donors (Lipinski definition) is 0. The van der Waals surface area contributed by atoms with Crippen molar-refractivity contribution in [2.75, 3.05) is 0 Å². The maximum Gasteiger partial charge on any atom is 0.273 e. The molecule has 0 amide bonds. The molecule has 1 aromatic carbocycles. The zero-order chi connectivity index (χ0) is 13.6. The fraction of sp³-hybridized carbons (Fsp3) is 0.333. The molecule has 0 bridgehead atoms. The van der Waals surface area contributed by atoms with Gasteiger partial charge in [0.25, 0.3) is 5.69 Å². The molecule has 1 saturated carbocycles. The molecule has 7 heteroatoms. The molecule has 98 valence electrons. The van der Waals surface area contributed by atoms with Crippen molar-refractivity contribution in [3.05, 3.63) is 39.8 Å². The Bertz CT molecular complexity index is 655. The number of aryl methyl sites for hydroxylation is 1. The van der Waals surface area contributed by atoms with E-state index >= 15 is 0 Å². The van der Waals surface area contributed by atoms with Gasteiger partial charge in [0.2, 0.25) is 11.7 Å². The molecule has 19 heavy (non-hydrogen) atoms. The second-order valence-electron chi connectivity index (χ2n) is 4.57. The van der Waals surface area contributed by atoms with Crippen molar-refractivity contribution in [3.63, 3.8) is 0 Å². The maximum absolute atomic E-state index is 12.9. The van der Waals surface area contributed by atoms with Crippen LogP contribution >= 0.6 is 0 Å². The van der Waals surface area contributed by atoms with E-state index in [0.717, 1.165) is 0 Å². The van der Waals surface area contributed by atoms with Crippen LogP contribution in [0.15, 0.2) is 22.7 Å². The van der Waals surface area contributed by atoms with Crippen LogP contribution in [0.3, 0.4) is 0 Å². The van der Waals surface area contributed by atoms with Crippen LogP contribution in [0.5, 0.6) is 0 Å². The fourth-order valence-corrected chi connectivity index (χ4v) is 1.87. The number of nitro groups is 1. The third-order valence-electron chi connectivity index (χ3n) is 3.14. The third-order valence-corrected chi connectivity index (χ3v) is 3.14. The lowest BCUT2D eigenvalue weighted by molar-refractivity contribution is -0.385. The predicted molar refractivity (Wildman–Crippen MR) is 63.4 cm³/mol. The van der Waals surface area contributed by atoms with Gasteiger partial charge in [-0.15, -0.1) is 0 Å². The number of aromatic nitrogens is 2. The highest BCUT2D eigenvalue weighted by Gasteiger charge is 2.43. The Kier molecular flexibility index (Phi) is 2.55. The minimum Gasteiger partial charge on any atom is -0.339 e. The first-order chi connectivity index (χ1) is 9.06. The molecule has 0 unspecified atom stereocenters. The van der Waals surface area contributed by atoms with Crippen LogP contribution in [0.2, 0.25) is 0 Å². The summed E-state index contributed by atoms with van der Waals surface area (Å²) in [5.41, 5.74) is 1.05. The molecule has 1 fully saturated rings. The first-order valence-electron chi connectivity index (χ1n) is 5.79. The van der Waals surface area contributed by atoms with Crippen molar-refractivity contribution in [1.29, 1.82) is 0 Å². The molecule has 1 aliphatic carbocycles. The molecule has 6 nitrogen and oxygen atoms in total. The van der Waals surface area contributed by atoms with Gasteiger partial charge in [0.15, 0.2) is 0 Å². The summed E-state index contributed by atoms with van der Waals surface area (Å²) in [6, 6.07) is 4.69. The molecule has 1 aromatic heterocycles. The first kappa shape index (κ1) is 11.8. The smallest absolute Gasteiger partial charge is 0.273 e. The molecule has 0 N–H and O–H groups in total. The van der Waals surface area contributed by atoms with Crippen LogP contribution in [0, 0.1) is 17.0 Å². The second-order valence-corrected chi connectivity index (χ2v) is 4.57. The Balaban J connectivity index is 1.95. The minimum atomic E-state index is -0.916. The third kappa shape index (κ3) is 2.07. The summed E-state index contributed by atoms with van der Waals surface area (Å²) in [5.74, 6) is 0.185. The second kappa shape index (κ2) is 4.11. The van der Waals surface area contributed by atoms with Gasteiger partial charge < -0.3 is 4.52 Å². The van der Waals surface area contributed by atoms with E-state index in [9.17, 15) is 14.5 Å². The van der Waals surface area contributed by atoms with Crippen molar-refractivity contribution in [1.82, 2.24) is 10.1 Å². The summed E-state index contributed by atoms with van der Waals surface area (Å²) in [5, 5.41) is 14.6. The molecular formula is C12H10FN3O3. The van der Waals surface area contributed by atoms with E-state index in [4.69, 9.17) is 4.52 Å². The molecular weight excluding hydrogens is 253 g/mol. The Labute approximate surface area is 107 Å². The molecule has 2 atom stereocenters. The van der Waals surface area contributed by atoms with Crippen LogP contribution < -0.4 is 0 Å². The average Bonchev–Trinajstić information content (AvgIpc) is 2.91. The zero-order valence-corrected chi connectivity index (χ0v) is 10.0. The number of alkyl halides is 1. The highest BCUT2D eigenvalue weighted by Crippen LogP contribution is 2.43. The number of nitrogens with zero attached hydrogens (tertiary/aromatic N) is 3. The molecule has 0 aliphatic heterocycles. The molecule has 0 saturated heterocycles. The molecule has 3 rings (SSSR count). The predicted octanol–water partition coefficient (Wildman–Crippen LogP) is 2.78. The number of halogens is 1. The standard InChI is InChI=1S/C12H10FN3O3/c1-6-2-3-7(4-10(6)16(17)18)11-14-12(19-15-11)8-5-9(8)13/h2-4,8-9H,5H2,1H3/t8-,9-/m0/s1. The van der Waals surface area contributed by atoms with Gasteiger partial charge in [-0.2, -0.15) is 4.98 Å². The monoisotopic (exact) mass is 263 g/mol. The lowest BCUT2D eigenvalue weighted by atomic mass is 10.1. The van der Waals surface area contributed by atoms with Crippen molar-refractivity contribution in [2.45, 2.75) is 25.4 Å². The van der Waals surface area contributed by atoms with E-state index < -0.39 is 11.1 Å². The van der Waals surface area contributed by atoms with Crippen LogP contribution in [0.25, 0.3) is 11.4 Å². The SMILES string of the molecule is Cc1ccc(-c2noc([C@H]3C[C@@H]3F)n2)cc1[N+](=O)[O-]. The Morgan fingerprint density at radius 1 is 1.53 bits per heavy atom. The molecule has 1 aliphatic rings. The number of nitro benzene ring substituents is 1. The summed E-state index contributed by atoms with van der Waals surface area (Å²) < 4.78 is 17.9. The van der Waals surface area contributed by atoms with Crippen molar-refractivity contribution in [2.24, 2.45) is 0 Å². The van der Waals surface area contributed by atoms with Crippen LogP contribution in [-0.4, -0.2) is 21.2 Å². The summed E-state index contributed by atoms with van der Waals surface area (Å²) >= 11 is 0. The van der Waals surface area contributed by atoms with Gasteiger partial charge in [-0.3, -0.25) is 10.1 Å². The van der Waals surface area contributed by atoms with E-state index in [1.807, 2.05) is 0 Å². The number of hydrogen-bond acceptors (Lipinski definition) is 5. The Hall–Kier alpha value is -2.31. The van der Waals surface area contributed by atoms with Crippen LogP contribution in [0.4, 0.5) is 10.1 Å². The average molecular weight is 263 g/mol. The van der Waals surface area contributed by atoms with Gasteiger partial charge in [0.05, 0.1) is 10.8 Å². The van der Waals surface area contributed by atoms with Crippen molar-refractivity contribution >= 4 is 5.69 Å². The highest BCUT2D eigenvalue weighted by molar-refractivity contribution is 5.60. The summed E-state index contributed by atoms with van der Waals surface area (Å²) in [6.07, 6.45) is -0.518. The maximum atomic E-state index is 12.9. The van der Waals surface area contributed by atoms with Crippen LogP contribution in [0.1, 0.15) is 23.8 Å². The Morgan fingerprint density at radius 3 is 2.89 bits per heavy atom. The Morgan fingerprint density at radius 2 is 2.26 bits per heavy atom. The van der Waals surface area contributed by atoms with Gasteiger partial charge in [-0.25, -0.2) is 4.39 Å². The van der Waals surface area contributed by atoms with E-state index in [1.54, 1.807) is 19.1 Å². The summed E-state index contributed by atoms with van der Waals surface area (Å²) in [6.45, 7) is 1.65. The number of benzene rings is 1. The largest absolute Gasteiger partial charge is 0.339 e. The van der Waals surface area contributed by atoms with Gasteiger partial charge in [0.1, 0.15) is 6.17 Å². The quantitative estimate of drug-likeness (QED) is 0.628. The van der Waals surface area contributed by atoms with Gasteiger partial charge in [-0.05, 0) is 13.3 Å². The van der Waals surface area contributed by atoms with E-state index in [0.29, 0.717) is 17.5 Å². The number of rotatable bonds is 3. The first-order valence-corrected chi connectivity index (χ1v) is 5.79. The normalized spacial score (nSPS) is 21.4. The van der Waals surface area contributed by atoms with Crippen LogP contribution in [-0.2, 0) is 0 Å². The zero-order valence-electron chi connectivity index (χ0n) is 10.0. The lowest BCUT2D eigenvalue weighted by Gasteiger charge is -1.98. The topological polar surface area (TPSA) is 82.1 Å². The van der Waals surface area contributed by atoms with E-state index in [2.05, 4.69) is 10.1 Å². The molecule has 0 radical (unpaired) electrons. The van der Waals surface area contributed by atoms with Crippen molar-refractivity contribution < 1.29 is 13.8 Å². The van der Waals surface area contributed by atoms with Gasteiger partial charge in [-0.1, -0.05) is 17.3 Å². The van der Waals surface area contributed by atoms with E-state index in [-0.39, 0.29) is 23.3 Å². The molecule has 1 heterocycles. The lowest BCUT2D eigenvalue weighted by Crippen LogP contribution is -1.92. The molecule has 2 aromatic rings. The molecule has 0 spiro atoms. The summed E-state index contributed by atoms with van der Waals surface area (Å²) in [7, 11) is 0. The highest BCUT2D eigenvalue weighted by atomic mass is 19.1. The minimum absolute atomic E-state index is 0.00126. The fourth-order valence-electron chi connectivity index (χ4n) is 1.87. The van der Waals surface area contributed by atoms with E-state index in [1.165, 1.54) is 6.07 Å². The summed E-state index contributed by atoms with van der Waals surface area (Å²) in [4.78, 5) is 14.5. The van der Waals surface area contributed by atoms with Crippen molar-refractivity contribution in [3.8, 4) is 11.4 Å². The van der Waals surface area contributed by atoms with Gasteiger partial charge >= 0.3 is 0 Å².